The molecule has 0 aliphatic heterocycles. The van der Waals surface area contributed by atoms with Crippen LogP contribution in [-0.4, -0.2) is 36.4 Å². The number of rotatable bonds is 5. The number of carbonyl (C=O) groups excluding carboxylic acids is 1. The standard InChI is InChI=1S/C22H17Cl2N3O.C9H7NO.C7H4Cl2O.C6H8N2.2CH4/c1-13-5-2-9-18(26-13)27-21(15-7-3-8-17(23)19(15)24)16-11-10-14-6-4-12-25-20(14)22(16)28;11-8-5-1-3-7-4-2-6-10-9(7)8;8-6-3-1-2-5(4-10)7(6)9;1-5-3-2-4-6(7)8-5;;/h2-12,21,28H,1H3,(H,26,27);1-6,11H;1-4H;2-4H,1H3,(H2,7,8);2*1H4. The third kappa shape index (κ3) is 12.8. The lowest BCUT2D eigenvalue weighted by atomic mass is 9.96. The molecule has 4 heterocycles. The van der Waals surface area contributed by atoms with E-state index < -0.39 is 6.04 Å². The highest BCUT2D eigenvalue weighted by atomic mass is 35.5. The molecule has 59 heavy (non-hydrogen) atoms. The third-order valence-electron chi connectivity index (χ3n) is 8.19. The average Bonchev–Trinajstić information content (AvgIpc) is 3.21. The van der Waals surface area contributed by atoms with E-state index in [1.165, 1.54) is 0 Å². The molecule has 0 amide bonds. The topological polar surface area (TPSA) is 147 Å². The minimum Gasteiger partial charge on any atom is -0.506 e. The van der Waals surface area contributed by atoms with Crippen LogP contribution >= 0.6 is 46.4 Å². The molecular weight excluding hydrogens is 826 g/mol. The van der Waals surface area contributed by atoms with Gasteiger partial charge in [0.15, 0.2) is 6.29 Å². The van der Waals surface area contributed by atoms with Gasteiger partial charge in [0.1, 0.15) is 34.2 Å². The van der Waals surface area contributed by atoms with Crippen molar-refractivity contribution < 1.29 is 15.0 Å². The number of fused-ring (bicyclic) bond motifs is 2. The smallest absolute Gasteiger partial charge is 0.151 e. The number of aromatic hydroxyl groups is 2. The maximum atomic E-state index is 11.0. The first-order valence-corrected chi connectivity index (χ1v) is 18.8. The van der Waals surface area contributed by atoms with Crippen LogP contribution in [0.2, 0.25) is 20.1 Å². The second-order valence-corrected chi connectivity index (χ2v) is 13.9. The number of hydrogen-bond acceptors (Lipinski definition) is 9. The van der Waals surface area contributed by atoms with E-state index in [1.54, 1.807) is 54.9 Å². The van der Waals surface area contributed by atoms with Gasteiger partial charge < -0.3 is 21.3 Å². The molecule has 1 atom stereocenters. The van der Waals surface area contributed by atoms with Gasteiger partial charge in [-0.05, 0) is 74.0 Å². The van der Waals surface area contributed by atoms with Crippen LogP contribution in [0.15, 0.2) is 140 Å². The van der Waals surface area contributed by atoms with Gasteiger partial charge in [0, 0.05) is 45.7 Å². The van der Waals surface area contributed by atoms with Gasteiger partial charge in [-0.1, -0.05) is 134 Å². The van der Waals surface area contributed by atoms with Crippen LogP contribution in [0.3, 0.4) is 0 Å². The number of benzene rings is 4. The molecule has 0 saturated carbocycles. The first-order chi connectivity index (χ1) is 27.5. The van der Waals surface area contributed by atoms with Crippen molar-refractivity contribution in [1.82, 2.24) is 19.9 Å². The summed E-state index contributed by atoms with van der Waals surface area (Å²) < 4.78 is 0. The molecule has 4 aromatic heterocycles. The number of nitrogens with zero attached hydrogens (tertiary/aromatic N) is 4. The van der Waals surface area contributed by atoms with Crippen LogP contribution in [0.1, 0.15) is 53.8 Å². The predicted molar refractivity (Wildman–Crippen MR) is 246 cm³/mol. The molecular formula is C46H44Cl4N6O3. The number of phenols is 2. The zero-order valence-corrected chi connectivity index (χ0v) is 33.6. The Labute approximate surface area is 364 Å². The first-order valence-electron chi connectivity index (χ1n) is 17.3. The van der Waals surface area contributed by atoms with Crippen molar-refractivity contribution >= 4 is 86.1 Å². The number of para-hydroxylation sites is 1. The zero-order valence-electron chi connectivity index (χ0n) is 30.6. The van der Waals surface area contributed by atoms with Gasteiger partial charge in [-0.25, -0.2) is 9.97 Å². The quantitative estimate of drug-likeness (QED) is 0.124. The van der Waals surface area contributed by atoms with Crippen LogP contribution < -0.4 is 11.1 Å². The predicted octanol–water partition coefficient (Wildman–Crippen LogP) is 13.1. The summed E-state index contributed by atoms with van der Waals surface area (Å²) in [5.74, 6) is 1.59. The molecule has 8 aromatic rings. The Morgan fingerprint density at radius 1 is 0.610 bits per heavy atom. The molecule has 5 N–H and O–H groups in total. The van der Waals surface area contributed by atoms with E-state index >= 15 is 0 Å². The monoisotopic (exact) mass is 868 g/mol. The number of hydrogen-bond donors (Lipinski definition) is 4. The lowest BCUT2D eigenvalue weighted by Crippen LogP contribution is -2.14. The Kier molecular flexibility index (Phi) is 18.3. The van der Waals surface area contributed by atoms with Gasteiger partial charge in [-0.2, -0.15) is 0 Å². The highest BCUT2D eigenvalue weighted by Gasteiger charge is 2.23. The van der Waals surface area contributed by atoms with Crippen molar-refractivity contribution in [2.75, 3.05) is 11.1 Å². The normalized spacial score (nSPS) is 10.5. The van der Waals surface area contributed by atoms with E-state index in [9.17, 15) is 15.0 Å². The molecule has 8 rings (SSSR count). The van der Waals surface area contributed by atoms with E-state index in [0.717, 1.165) is 27.7 Å². The number of carbonyl (C=O) groups is 1. The van der Waals surface area contributed by atoms with Crippen LogP contribution in [0.4, 0.5) is 11.6 Å². The number of aryl methyl sites for hydroxylation is 2. The Morgan fingerprint density at radius 3 is 1.76 bits per heavy atom. The summed E-state index contributed by atoms with van der Waals surface area (Å²) in [4.78, 5) is 27.1. The fraction of sp³-hybridized carbons (Fsp3) is 0.109. The van der Waals surface area contributed by atoms with E-state index in [1.807, 2.05) is 98.8 Å². The largest absolute Gasteiger partial charge is 0.506 e. The molecule has 0 saturated heterocycles. The van der Waals surface area contributed by atoms with Gasteiger partial charge in [-0.3, -0.25) is 14.8 Å². The summed E-state index contributed by atoms with van der Waals surface area (Å²) in [6.45, 7) is 3.83. The van der Waals surface area contributed by atoms with Crippen LogP contribution in [0.5, 0.6) is 11.5 Å². The van der Waals surface area contributed by atoms with Crippen molar-refractivity contribution in [3.63, 3.8) is 0 Å². The Bertz CT molecular complexity index is 2610. The van der Waals surface area contributed by atoms with Crippen molar-refractivity contribution in [2.24, 2.45) is 0 Å². The Hall–Kier alpha value is -5.97. The summed E-state index contributed by atoms with van der Waals surface area (Å²) in [5.41, 5.74) is 10.2. The molecule has 0 fully saturated rings. The zero-order chi connectivity index (χ0) is 40.9. The molecule has 304 valence electrons. The molecule has 0 bridgehead atoms. The number of halogens is 4. The molecule has 4 aromatic carbocycles. The minimum absolute atomic E-state index is 0. The number of anilines is 2. The number of aldehydes is 1. The maximum absolute atomic E-state index is 11.0. The Morgan fingerprint density at radius 2 is 1.17 bits per heavy atom. The van der Waals surface area contributed by atoms with E-state index in [0.29, 0.717) is 60.2 Å². The van der Waals surface area contributed by atoms with Crippen LogP contribution in [0.25, 0.3) is 21.8 Å². The number of pyridine rings is 4. The molecule has 0 radical (unpaired) electrons. The highest BCUT2D eigenvalue weighted by Crippen LogP contribution is 2.40. The van der Waals surface area contributed by atoms with Crippen LogP contribution in [-0.2, 0) is 0 Å². The maximum Gasteiger partial charge on any atom is 0.151 e. The second kappa shape index (κ2) is 22.8. The van der Waals surface area contributed by atoms with Gasteiger partial charge >= 0.3 is 0 Å². The number of phenolic OH excluding ortho intramolecular Hbond substituents is 2. The SMILES string of the molecule is C.C.Cc1cccc(N)n1.Cc1cccc(NC(c2cccc(Cl)c2Cl)c2ccc3cccnc3c2O)n1.O=Cc1cccc(Cl)c1Cl.Oc1cccc2cccnc12. The van der Waals surface area contributed by atoms with Gasteiger partial charge in [-0.15, -0.1) is 0 Å². The first kappa shape index (κ1) is 47.4. The molecule has 13 heteroatoms. The van der Waals surface area contributed by atoms with Gasteiger partial charge in [0.25, 0.3) is 0 Å². The van der Waals surface area contributed by atoms with E-state index in [4.69, 9.17) is 52.1 Å². The summed E-state index contributed by atoms with van der Waals surface area (Å²) in [7, 11) is 0. The van der Waals surface area contributed by atoms with E-state index in [-0.39, 0.29) is 26.4 Å². The molecule has 0 aliphatic carbocycles. The minimum atomic E-state index is -0.466. The fourth-order valence-corrected chi connectivity index (χ4v) is 6.25. The number of aromatic nitrogens is 4. The average molecular weight is 871 g/mol. The van der Waals surface area contributed by atoms with Gasteiger partial charge in [0.2, 0.25) is 0 Å². The summed E-state index contributed by atoms with van der Waals surface area (Å²) >= 11 is 24.0. The fourth-order valence-electron chi connectivity index (χ4n) is 5.48. The molecule has 0 aliphatic rings. The Balaban J connectivity index is 0.000000246. The molecule has 0 spiro atoms. The number of nitrogens with two attached hydrogens (primary N) is 1. The number of nitrogen functional groups attached to an aromatic ring is 1. The summed E-state index contributed by atoms with van der Waals surface area (Å²) in [6, 6.07) is 37.8. The lowest BCUT2D eigenvalue weighted by Gasteiger charge is -2.23. The van der Waals surface area contributed by atoms with Crippen molar-refractivity contribution in [3.8, 4) is 11.5 Å². The molecule has 9 nitrogen and oxygen atoms in total. The van der Waals surface area contributed by atoms with Crippen molar-refractivity contribution in [3.05, 3.63) is 188 Å². The van der Waals surface area contributed by atoms with Gasteiger partial charge in [0.05, 0.1) is 26.1 Å². The third-order valence-corrected chi connectivity index (χ3v) is 9.86. The summed E-state index contributed by atoms with van der Waals surface area (Å²) in [6.07, 6.45) is 4.00. The molecule has 1 unspecified atom stereocenters. The highest BCUT2D eigenvalue weighted by molar-refractivity contribution is 6.43. The van der Waals surface area contributed by atoms with E-state index in [2.05, 4.69) is 25.3 Å². The van der Waals surface area contributed by atoms with Crippen molar-refractivity contribution in [2.45, 2.75) is 34.7 Å². The van der Waals surface area contributed by atoms with Crippen LogP contribution in [0, 0.1) is 13.8 Å². The second-order valence-electron chi connectivity index (χ2n) is 12.3. The number of nitrogens with one attached hydrogen (secondary N) is 1. The summed E-state index contributed by atoms with van der Waals surface area (Å²) in [5, 5.41) is 27.1. The lowest BCUT2D eigenvalue weighted by molar-refractivity contribution is 0.112. The van der Waals surface area contributed by atoms with Crippen molar-refractivity contribution in [1.29, 1.82) is 0 Å².